The van der Waals surface area contributed by atoms with Crippen LogP contribution in [0.1, 0.15) is 27.7 Å². The van der Waals surface area contributed by atoms with Gasteiger partial charge in [0, 0.05) is 57.8 Å². The quantitative estimate of drug-likeness (QED) is 0.678. The minimum absolute atomic E-state index is 0.280. The lowest BCUT2D eigenvalue weighted by Crippen LogP contribution is -2.08. The number of halogens is 1. The summed E-state index contributed by atoms with van der Waals surface area (Å²) in [4.78, 5) is 3.87. The molecule has 0 amide bonds. The minimum atomic E-state index is -0.280. The molecule has 0 unspecified atom stereocenters. The molecule has 154 valence electrons. The highest BCUT2D eigenvalue weighted by Gasteiger charge is 2.01. The number of ether oxygens (including phenoxy) is 2. The fraction of sp³-hybridized carbons (Fsp3) is 0.455. The number of methoxy groups -OCH3 is 2. The Morgan fingerprint density at radius 2 is 1.15 bits per heavy atom. The second-order valence-corrected chi connectivity index (χ2v) is 5.34. The van der Waals surface area contributed by atoms with Crippen LogP contribution >= 0.6 is 0 Å². The highest BCUT2D eigenvalue weighted by Crippen LogP contribution is 2.21. The van der Waals surface area contributed by atoms with Crippen molar-refractivity contribution in [2.75, 3.05) is 52.2 Å². The first-order valence-electron chi connectivity index (χ1n) is 9.20. The summed E-state index contributed by atoms with van der Waals surface area (Å²) in [5.41, 5.74) is 1.95. The molecule has 0 aliphatic carbocycles. The third kappa shape index (κ3) is 11.0. The second-order valence-electron chi connectivity index (χ2n) is 5.34. The van der Waals surface area contributed by atoms with Crippen LogP contribution in [-0.4, -0.2) is 42.4 Å². The van der Waals surface area contributed by atoms with E-state index >= 15 is 0 Å². The fourth-order valence-corrected chi connectivity index (χ4v) is 1.81. The summed E-state index contributed by atoms with van der Waals surface area (Å²) in [5, 5.41) is 0. The zero-order chi connectivity index (χ0) is 21.4. The Bertz CT molecular complexity index is 617. The molecule has 5 heteroatoms. The standard InChI is InChI=1S/C9H12FNO.C9H13NO.2C2H6/c1-11(2)8-4-7(10)5-9(6-8)12-3;1-10(2)8-5-4-6-9(7-8)11-3;2*1-2/h4-6H,1-3H3;4-7H,1-3H3;2*1-2H3. The van der Waals surface area contributed by atoms with Crippen molar-refractivity contribution >= 4 is 11.4 Å². The Morgan fingerprint density at radius 3 is 1.59 bits per heavy atom. The van der Waals surface area contributed by atoms with Crippen LogP contribution in [-0.2, 0) is 0 Å². The lowest BCUT2D eigenvalue weighted by atomic mass is 10.3. The van der Waals surface area contributed by atoms with Gasteiger partial charge in [-0.2, -0.15) is 0 Å². The molecule has 0 aromatic heterocycles. The first-order chi connectivity index (χ1) is 12.9. The predicted molar refractivity (Wildman–Crippen MR) is 117 cm³/mol. The molecule has 0 N–H and O–H groups in total. The first kappa shape index (κ1) is 26.8. The number of hydrogen-bond donors (Lipinski definition) is 0. The van der Waals surface area contributed by atoms with Gasteiger partial charge in [0.2, 0.25) is 0 Å². The largest absolute Gasteiger partial charge is 0.497 e. The van der Waals surface area contributed by atoms with Gasteiger partial charge in [0.05, 0.1) is 14.2 Å². The fourth-order valence-electron chi connectivity index (χ4n) is 1.81. The molecule has 0 bridgehead atoms. The number of benzene rings is 2. The van der Waals surface area contributed by atoms with Gasteiger partial charge < -0.3 is 19.3 Å². The zero-order valence-corrected chi connectivity index (χ0v) is 18.6. The highest BCUT2D eigenvalue weighted by molar-refractivity contribution is 5.50. The molecule has 0 heterocycles. The van der Waals surface area contributed by atoms with Gasteiger partial charge in [-0.1, -0.05) is 33.8 Å². The maximum absolute atomic E-state index is 12.9. The van der Waals surface area contributed by atoms with Crippen molar-refractivity contribution in [2.45, 2.75) is 27.7 Å². The van der Waals surface area contributed by atoms with Crippen molar-refractivity contribution in [3.8, 4) is 11.5 Å². The molecule has 0 atom stereocenters. The van der Waals surface area contributed by atoms with E-state index in [1.165, 1.54) is 19.2 Å². The maximum Gasteiger partial charge on any atom is 0.128 e. The van der Waals surface area contributed by atoms with Crippen LogP contribution in [0, 0.1) is 5.82 Å². The summed E-state index contributed by atoms with van der Waals surface area (Å²) in [6.45, 7) is 8.00. The molecule has 0 saturated carbocycles. The van der Waals surface area contributed by atoms with Gasteiger partial charge in [-0.3, -0.25) is 0 Å². The third-order valence-electron chi connectivity index (χ3n) is 3.18. The monoisotopic (exact) mass is 380 g/mol. The van der Waals surface area contributed by atoms with Crippen LogP contribution in [0.15, 0.2) is 42.5 Å². The molecule has 0 aliphatic rings. The number of nitrogens with zero attached hydrogens (tertiary/aromatic N) is 2. The second kappa shape index (κ2) is 15.8. The normalized spacial score (nSPS) is 8.56. The Morgan fingerprint density at radius 1 is 0.667 bits per heavy atom. The van der Waals surface area contributed by atoms with Crippen LogP contribution in [0.3, 0.4) is 0 Å². The average molecular weight is 381 g/mol. The smallest absolute Gasteiger partial charge is 0.128 e. The highest BCUT2D eigenvalue weighted by atomic mass is 19.1. The Kier molecular flexibility index (Phi) is 15.7. The molecule has 2 aromatic carbocycles. The maximum atomic E-state index is 12.9. The molecule has 0 fully saturated rings. The van der Waals surface area contributed by atoms with Gasteiger partial charge in [-0.05, 0) is 18.2 Å². The van der Waals surface area contributed by atoms with E-state index in [-0.39, 0.29) is 5.82 Å². The molecule has 0 aliphatic heterocycles. The van der Waals surface area contributed by atoms with E-state index in [9.17, 15) is 4.39 Å². The van der Waals surface area contributed by atoms with Crippen LogP contribution in [0.25, 0.3) is 0 Å². The summed E-state index contributed by atoms with van der Waals surface area (Å²) in [7, 11) is 10.9. The zero-order valence-electron chi connectivity index (χ0n) is 18.6. The van der Waals surface area contributed by atoms with Crippen molar-refractivity contribution in [2.24, 2.45) is 0 Å². The van der Waals surface area contributed by atoms with Crippen molar-refractivity contribution in [1.82, 2.24) is 0 Å². The van der Waals surface area contributed by atoms with E-state index in [0.717, 1.165) is 17.1 Å². The van der Waals surface area contributed by atoms with E-state index in [1.54, 1.807) is 13.2 Å². The minimum Gasteiger partial charge on any atom is -0.497 e. The molecule has 2 aromatic rings. The van der Waals surface area contributed by atoms with Gasteiger partial charge in [0.25, 0.3) is 0 Å². The van der Waals surface area contributed by atoms with E-state index in [2.05, 4.69) is 0 Å². The van der Waals surface area contributed by atoms with Crippen molar-refractivity contribution in [3.63, 3.8) is 0 Å². The van der Waals surface area contributed by atoms with Crippen LogP contribution < -0.4 is 19.3 Å². The van der Waals surface area contributed by atoms with Gasteiger partial charge in [-0.15, -0.1) is 0 Å². The first-order valence-corrected chi connectivity index (χ1v) is 9.20. The SMILES string of the molecule is CC.CC.COc1cc(F)cc(N(C)C)c1.COc1cccc(N(C)C)c1. The molecule has 0 saturated heterocycles. The van der Waals surface area contributed by atoms with E-state index in [1.807, 2.05) is 90.0 Å². The Labute approximate surface area is 165 Å². The van der Waals surface area contributed by atoms with Crippen LogP contribution in [0.2, 0.25) is 0 Å². The van der Waals surface area contributed by atoms with Crippen molar-refractivity contribution in [1.29, 1.82) is 0 Å². The number of anilines is 2. The Balaban J connectivity index is 0. The molecule has 4 nitrogen and oxygen atoms in total. The van der Waals surface area contributed by atoms with Crippen LogP contribution in [0.4, 0.5) is 15.8 Å². The molecule has 0 radical (unpaired) electrons. The van der Waals surface area contributed by atoms with Crippen molar-refractivity contribution in [3.05, 3.63) is 48.3 Å². The number of hydrogen-bond acceptors (Lipinski definition) is 4. The third-order valence-corrected chi connectivity index (χ3v) is 3.18. The van der Waals surface area contributed by atoms with Gasteiger partial charge >= 0.3 is 0 Å². The summed E-state index contributed by atoms with van der Waals surface area (Å²) >= 11 is 0. The average Bonchev–Trinajstić information content (AvgIpc) is 2.71. The summed E-state index contributed by atoms with van der Waals surface area (Å²) < 4.78 is 22.9. The predicted octanol–water partition coefficient (Wildman–Crippen LogP) is 5.71. The van der Waals surface area contributed by atoms with Gasteiger partial charge in [0.1, 0.15) is 17.3 Å². The van der Waals surface area contributed by atoms with E-state index in [4.69, 9.17) is 9.47 Å². The molecule has 0 spiro atoms. The molecular formula is C22H37FN2O2. The topological polar surface area (TPSA) is 24.9 Å². The van der Waals surface area contributed by atoms with E-state index in [0.29, 0.717) is 5.75 Å². The summed E-state index contributed by atoms with van der Waals surface area (Å²) in [6.07, 6.45) is 0. The van der Waals surface area contributed by atoms with Gasteiger partial charge in [0.15, 0.2) is 0 Å². The molecular weight excluding hydrogens is 343 g/mol. The summed E-state index contributed by atoms with van der Waals surface area (Å²) in [6, 6.07) is 12.6. The van der Waals surface area contributed by atoms with Crippen LogP contribution in [0.5, 0.6) is 11.5 Å². The van der Waals surface area contributed by atoms with Gasteiger partial charge in [-0.25, -0.2) is 4.39 Å². The summed E-state index contributed by atoms with van der Waals surface area (Å²) in [5.74, 6) is 1.16. The Hall–Kier alpha value is -2.43. The number of rotatable bonds is 4. The van der Waals surface area contributed by atoms with Crippen molar-refractivity contribution < 1.29 is 13.9 Å². The lowest BCUT2D eigenvalue weighted by molar-refractivity contribution is 0.411. The van der Waals surface area contributed by atoms with E-state index < -0.39 is 0 Å². The lowest BCUT2D eigenvalue weighted by Gasteiger charge is -2.13. The molecule has 27 heavy (non-hydrogen) atoms. The molecule has 2 rings (SSSR count).